The molecule has 0 fully saturated rings. The molecule has 0 radical (unpaired) electrons. The summed E-state index contributed by atoms with van der Waals surface area (Å²) in [6, 6.07) is 10.1. The first kappa shape index (κ1) is 19.4. The molecular weight excluding hydrogens is 366 g/mol. The van der Waals surface area contributed by atoms with Gasteiger partial charge in [0.25, 0.3) is 0 Å². The molecule has 0 atom stereocenters. The Morgan fingerprint density at radius 1 is 0.885 bits per heavy atom. The number of benzene rings is 2. The summed E-state index contributed by atoms with van der Waals surface area (Å²) in [5.74, 6) is -1.10. The van der Waals surface area contributed by atoms with Gasteiger partial charge in [-0.1, -0.05) is 30.3 Å². The summed E-state index contributed by atoms with van der Waals surface area (Å²) in [6.45, 7) is -0.261. The molecular formula is C16H12F6N2O2. The lowest BCUT2D eigenvalue weighted by atomic mass is 10.2. The first-order valence-corrected chi connectivity index (χ1v) is 7.03. The molecule has 0 saturated carbocycles. The van der Waals surface area contributed by atoms with Crippen LogP contribution in [0.1, 0.15) is 11.1 Å². The number of nitrogens with zero attached hydrogens (tertiary/aromatic N) is 1. The summed E-state index contributed by atoms with van der Waals surface area (Å²) in [7, 11) is 0. The van der Waals surface area contributed by atoms with E-state index in [1.807, 2.05) is 0 Å². The highest BCUT2D eigenvalue weighted by Crippen LogP contribution is 2.27. The predicted octanol–water partition coefficient (Wildman–Crippen LogP) is 4.39. The van der Waals surface area contributed by atoms with E-state index in [1.54, 1.807) is 0 Å². The quantitative estimate of drug-likeness (QED) is 0.477. The number of para-hydroxylation sites is 1. The summed E-state index contributed by atoms with van der Waals surface area (Å²) in [6.07, 6.45) is -9.73. The molecule has 0 aliphatic carbocycles. The van der Waals surface area contributed by atoms with Gasteiger partial charge in [-0.3, -0.25) is 4.99 Å². The molecule has 2 N–H and O–H groups in total. The second-order valence-electron chi connectivity index (χ2n) is 4.93. The average Bonchev–Trinajstić information content (AvgIpc) is 2.51. The topological polar surface area (TPSA) is 56.8 Å². The highest BCUT2D eigenvalue weighted by Gasteiger charge is 2.32. The molecule has 2 aromatic rings. The maximum Gasteiger partial charge on any atom is 0.573 e. The van der Waals surface area contributed by atoms with E-state index in [0.717, 1.165) is 18.2 Å². The number of aliphatic imine (C=N–C) groups is 1. The summed E-state index contributed by atoms with van der Waals surface area (Å²) in [4.78, 5) is 3.90. The summed E-state index contributed by atoms with van der Waals surface area (Å²) < 4.78 is 81.5. The number of alkyl halides is 6. The van der Waals surface area contributed by atoms with Crippen LogP contribution in [0.25, 0.3) is 0 Å². The van der Waals surface area contributed by atoms with Gasteiger partial charge < -0.3 is 15.2 Å². The normalized spacial score (nSPS) is 12.8. The number of hydrogen-bond acceptors (Lipinski definition) is 3. The molecule has 0 spiro atoms. The molecule has 0 bridgehead atoms. The molecule has 0 amide bonds. The highest BCUT2D eigenvalue weighted by molar-refractivity contribution is 5.97. The standard InChI is InChI=1S/C16H12F6N2O2/c17-15(18,19)25-12-6-3-5-10(8-12)14(23)24-9-11-4-1-2-7-13(11)26-16(20,21)22/h1-8H,9H2,(H2,23,24). The van der Waals surface area contributed by atoms with Crippen LogP contribution < -0.4 is 15.2 Å². The first-order valence-electron chi connectivity index (χ1n) is 7.03. The SMILES string of the molecule is NC(=NCc1ccccc1OC(F)(F)F)c1cccc(OC(F)(F)F)c1. The van der Waals surface area contributed by atoms with Crippen LogP contribution in [0.2, 0.25) is 0 Å². The van der Waals surface area contributed by atoms with Gasteiger partial charge in [-0.05, 0) is 18.2 Å². The molecule has 140 valence electrons. The Labute approximate surface area is 143 Å². The van der Waals surface area contributed by atoms with Crippen molar-refractivity contribution < 1.29 is 35.8 Å². The molecule has 0 saturated heterocycles. The summed E-state index contributed by atoms with van der Waals surface area (Å²) >= 11 is 0. The Morgan fingerprint density at radius 2 is 1.54 bits per heavy atom. The van der Waals surface area contributed by atoms with Crippen molar-refractivity contribution in [1.82, 2.24) is 0 Å². The fourth-order valence-corrected chi connectivity index (χ4v) is 1.97. The molecule has 0 heterocycles. The lowest BCUT2D eigenvalue weighted by Gasteiger charge is -2.12. The molecule has 4 nitrogen and oxygen atoms in total. The summed E-state index contributed by atoms with van der Waals surface area (Å²) in [5.41, 5.74) is 5.94. The molecule has 10 heteroatoms. The van der Waals surface area contributed by atoms with Crippen LogP contribution in [0.3, 0.4) is 0 Å². The molecule has 26 heavy (non-hydrogen) atoms. The minimum absolute atomic E-state index is 0.107. The van der Waals surface area contributed by atoms with Gasteiger partial charge in [0, 0.05) is 11.1 Å². The maximum atomic E-state index is 12.4. The second-order valence-corrected chi connectivity index (χ2v) is 4.93. The van der Waals surface area contributed by atoms with Crippen molar-refractivity contribution in [3.05, 3.63) is 59.7 Å². The molecule has 2 aromatic carbocycles. The first-order chi connectivity index (χ1) is 12.0. The van der Waals surface area contributed by atoms with E-state index in [2.05, 4.69) is 14.5 Å². The largest absolute Gasteiger partial charge is 0.573 e. The highest BCUT2D eigenvalue weighted by atomic mass is 19.4. The van der Waals surface area contributed by atoms with Gasteiger partial charge >= 0.3 is 12.7 Å². The Kier molecular flexibility index (Phi) is 5.63. The van der Waals surface area contributed by atoms with Crippen LogP contribution >= 0.6 is 0 Å². The van der Waals surface area contributed by atoms with Crippen molar-refractivity contribution in [1.29, 1.82) is 0 Å². The fourth-order valence-electron chi connectivity index (χ4n) is 1.97. The van der Waals surface area contributed by atoms with Crippen LogP contribution in [0.4, 0.5) is 26.3 Å². The zero-order valence-corrected chi connectivity index (χ0v) is 12.9. The monoisotopic (exact) mass is 378 g/mol. The van der Waals surface area contributed by atoms with Crippen molar-refractivity contribution in [3.8, 4) is 11.5 Å². The molecule has 0 aliphatic heterocycles. The van der Waals surface area contributed by atoms with Crippen molar-refractivity contribution >= 4 is 5.84 Å². The van der Waals surface area contributed by atoms with Crippen LogP contribution in [0.5, 0.6) is 11.5 Å². The minimum atomic E-state index is -4.87. The van der Waals surface area contributed by atoms with Crippen molar-refractivity contribution in [2.75, 3.05) is 0 Å². The predicted molar refractivity (Wildman–Crippen MR) is 80.7 cm³/mol. The van der Waals surface area contributed by atoms with Crippen LogP contribution in [0.15, 0.2) is 53.5 Å². The van der Waals surface area contributed by atoms with Gasteiger partial charge in [0.15, 0.2) is 0 Å². The Balaban J connectivity index is 2.18. The van der Waals surface area contributed by atoms with E-state index in [-0.39, 0.29) is 23.5 Å². The van der Waals surface area contributed by atoms with Gasteiger partial charge in [0.05, 0.1) is 6.54 Å². The number of nitrogens with two attached hydrogens (primary N) is 1. The van der Waals surface area contributed by atoms with Gasteiger partial charge in [-0.25, -0.2) is 0 Å². The van der Waals surface area contributed by atoms with Crippen LogP contribution in [-0.2, 0) is 6.54 Å². The zero-order valence-electron chi connectivity index (χ0n) is 12.9. The smallest absolute Gasteiger partial charge is 0.406 e. The fraction of sp³-hybridized carbons (Fsp3) is 0.188. The Bertz CT molecular complexity index is 787. The zero-order chi connectivity index (χ0) is 19.4. The van der Waals surface area contributed by atoms with Crippen LogP contribution in [-0.4, -0.2) is 18.6 Å². The minimum Gasteiger partial charge on any atom is -0.406 e. The third-order valence-electron chi connectivity index (χ3n) is 2.98. The Hall–Kier alpha value is -2.91. The number of rotatable bonds is 5. The molecule has 2 rings (SSSR count). The average molecular weight is 378 g/mol. The van der Waals surface area contributed by atoms with E-state index in [0.29, 0.717) is 0 Å². The van der Waals surface area contributed by atoms with Gasteiger partial charge in [-0.2, -0.15) is 0 Å². The number of halogens is 6. The van der Waals surface area contributed by atoms with E-state index < -0.39 is 24.2 Å². The van der Waals surface area contributed by atoms with E-state index in [9.17, 15) is 26.3 Å². The van der Waals surface area contributed by atoms with Gasteiger partial charge in [0.2, 0.25) is 0 Å². The number of ether oxygens (including phenoxy) is 2. The third kappa shape index (κ3) is 6.19. The van der Waals surface area contributed by atoms with E-state index >= 15 is 0 Å². The van der Waals surface area contributed by atoms with Gasteiger partial charge in [0.1, 0.15) is 17.3 Å². The van der Waals surface area contributed by atoms with Crippen molar-refractivity contribution in [3.63, 3.8) is 0 Å². The van der Waals surface area contributed by atoms with E-state index in [1.165, 1.54) is 30.3 Å². The van der Waals surface area contributed by atoms with Crippen molar-refractivity contribution in [2.45, 2.75) is 19.3 Å². The van der Waals surface area contributed by atoms with E-state index in [4.69, 9.17) is 5.73 Å². The molecule has 0 unspecified atom stereocenters. The molecule has 0 aromatic heterocycles. The number of hydrogen-bond donors (Lipinski definition) is 1. The lowest BCUT2D eigenvalue weighted by Crippen LogP contribution is -2.19. The second kappa shape index (κ2) is 7.54. The lowest BCUT2D eigenvalue weighted by molar-refractivity contribution is -0.275. The van der Waals surface area contributed by atoms with Crippen molar-refractivity contribution in [2.24, 2.45) is 10.7 Å². The Morgan fingerprint density at radius 3 is 2.19 bits per heavy atom. The molecule has 0 aliphatic rings. The third-order valence-corrected chi connectivity index (χ3v) is 2.98. The summed E-state index contributed by atoms with van der Waals surface area (Å²) in [5, 5.41) is 0. The number of amidine groups is 1. The van der Waals surface area contributed by atoms with Gasteiger partial charge in [-0.15, -0.1) is 26.3 Å². The van der Waals surface area contributed by atoms with Crippen LogP contribution in [0, 0.1) is 0 Å². The maximum absolute atomic E-state index is 12.4.